The summed E-state index contributed by atoms with van der Waals surface area (Å²) in [5, 5.41) is 8.12. The molecule has 0 spiro atoms. The lowest BCUT2D eigenvalue weighted by atomic mass is 9.95. The SMILES string of the molecule is O=C(c1cn(Cc2ccc(F)cc2)nn1)N1CCC(CN2CCCCC2)CC1. The summed E-state index contributed by atoms with van der Waals surface area (Å²) < 4.78 is 14.6. The molecule has 1 amide bonds. The summed E-state index contributed by atoms with van der Waals surface area (Å²) in [6.45, 7) is 5.70. The van der Waals surface area contributed by atoms with E-state index in [0.29, 0.717) is 18.2 Å². The van der Waals surface area contributed by atoms with Crippen molar-refractivity contribution in [2.45, 2.75) is 38.6 Å². The zero-order chi connectivity index (χ0) is 19.3. The van der Waals surface area contributed by atoms with Crippen molar-refractivity contribution in [1.29, 1.82) is 0 Å². The molecule has 0 atom stereocenters. The molecule has 0 aliphatic carbocycles. The molecule has 2 saturated heterocycles. The number of hydrogen-bond acceptors (Lipinski definition) is 4. The van der Waals surface area contributed by atoms with E-state index in [2.05, 4.69) is 15.2 Å². The van der Waals surface area contributed by atoms with Crippen LogP contribution in [0.1, 0.15) is 48.2 Å². The second-order valence-corrected chi connectivity index (χ2v) is 8.02. The van der Waals surface area contributed by atoms with Crippen molar-refractivity contribution in [3.8, 4) is 0 Å². The molecule has 2 aliphatic heterocycles. The van der Waals surface area contributed by atoms with Crippen molar-refractivity contribution in [2.24, 2.45) is 5.92 Å². The van der Waals surface area contributed by atoms with Gasteiger partial charge in [-0.3, -0.25) is 4.79 Å². The van der Waals surface area contributed by atoms with E-state index >= 15 is 0 Å². The number of likely N-dealkylation sites (tertiary alicyclic amines) is 2. The summed E-state index contributed by atoms with van der Waals surface area (Å²) in [4.78, 5) is 17.2. The van der Waals surface area contributed by atoms with Crippen LogP contribution in [-0.2, 0) is 6.54 Å². The first-order valence-electron chi connectivity index (χ1n) is 10.3. The van der Waals surface area contributed by atoms with E-state index in [-0.39, 0.29) is 11.7 Å². The van der Waals surface area contributed by atoms with Gasteiger partial charge in [-0.1, -0.05) is 23.8 Å². The van der Waals surface area contributed by atoms with Crippen LogP contribution in [0.3, 0.4) is 0 Å². The van der Waals surface area contributed by atoms with Crippen LogP contribution in [-0.4, -0.2) is 63.4 Å². The molecule has 28 heavy (non-hydrogen) atoms. The number of carbonyl (C=O) groups is 1. The van der Waals surface area contributed by atoms with Crippen LogP contribution in [0.15, 0.2) is 30.5 Å². The minimum Gasteiger partial charge on any atom is -0.337 e. The maximum absolute atomic E-state index is 13.0. The Morgan fingerprint density at radius 1 is 1.04 bits per heavy atom. The maximum atomic E-state index is 13.0. The van der Waals surface area contributed by atoms with Gasteiger partial charge in [0.05, 0.1) is 12.7 Å². The first-order valence-corrected chi connectivity index (χ1v) is 10.3. The molecule has 1 aromatic carbocycles. The summed E-state index contributed by atoms with van der Waals surface area (Å²) in [5.41, 5.74) is 1.31. The quantitative estimate of drug-likeness (QED) is 0.794. The van der Waals surface area contributed by atoms with Crippen molar-refractivity contribution in [3.05, 3.63) is 47.5 Å². The third-order valence-corrected chi connectivity index (χ3v) is 5.88. The molecular weight excluding hydrogens is 357 g/mol. The highest BCUT2D eigenvalue weighted by Crippen LogP contribution is 2.21. The smallest absolute Gasteiger partial charge is 0.276 e. The number of benzene rings is 1. The molecule has 2 aromatic rings. The number of halogens is 1. The van der Waals surface area contributed by atoms with E-state index in [1.807, 2.05) is 4.90 Å². The second-order valence-electron chi connectivity index (χ2n) is 8.02. The van der Waals surface area contributed by atoms with E-state index < -0.39 is 0 Å². The van der Waals surface area contributed by atoms with Crippen LogP contribution in [0, 0.1) is 11.7 Å². The average molecular weight is 385 g/mol. The van der Waals surface area contributed by atoms with Gasteiger partial charge >= 0.3 is 0 Å². The van der Waals surface area contributed by atoms with Crippen LogP contribution in [0.4, 0.5) is 4.39 Å². The van der Waals surface area contributed by atoms with Gasteiger partial charge in [0.1, 0.15) is 5.82 Å². The standard InChI is InChI=1S/C21H28FN5O/c22-19-6-4-17(5-7-19)15-27-16-20(23-24-27)21(28)26-12-8-18(9-13-26)14-25-10-2-1-3-11-25/h4-7,16,18H,1-3,8-15H2. The number of aromatic nitrogens is 3. The molecule has 0 unspecified atom stereocenters. The highest BCUT2D eigenvalue weighted by molar-refractivity contribution is 5.92. The molecule has 4 rings (SSSR count). The van der Waals surface area contributed by atoms with Crippen molar-refractivity contribution >= 4 is 5.91 Å². The van der Waals surface area contributed by atoms with Gasteiger partial charge in [0, 0.05) is 19.6 Å². The summed E-state index contributed by atoms with van der Waals surface area (Å²) in [6, 6.07) is 6.27. The predicted molar refractivity (Wildman–Crippen MR) is 104 cm³/mol. The summed E-state index contributed by atoms with van der Waals surface area (Å²) >= 11 is 0. The molecule has 0 N–H and O–H groups in total. The topological polar surface area (TPSA) is 54.3 Å². The number of nitrogens with zero attached hydrogens (tertiary/aromatic N) is 5. The third-order valence-electron chi connectivity index (χ3n) is 5.88. The summed E-state index contributed by atoms with van der Waals surface area (Å²) in [5.74, 6) is 0.389. The maximum Gasteiger partial charge on any atom is 0.276 e. The number of amides is 1. The van der Waals surface area contributed by atoms with Gasteiger partial charge in [0.15, 0.2) is 5.69 Å². The van der Waals surface area contributed by atoms with Crippen molar-refractivity contribution in [2.75, 3.05) is 32.7 Å². The van der Waals surface area contributed by atoms with Gasteiger partial charge in [-0.2, -0.15) is 0 Å². The van der Waals surface area contributed by atoms with Crippen LogP contribution in [0.5, 0.6) is 0 Å². The molecule has 7 heteroatoms. The monoisotopic (exact) mass is 385 g/mol. The van der Waals surface area contributed by atoms with Gasteiger partial charge in [0.2, 0.25) is 0 Å². The first kappa shape index (κ1) is 19.1. The highest BCUT2D eigenvalue weighted by atomic mass is 19.1. The minimum atomic E-state index is -0.262. The summed E-state index contributed by atoms with van der Waals surface area (Å²) in [7, 11) is 0. The van der Waals surface area contributed by atoms with Gasteiger partial charge < -0.3 is 9.80 Å². The van der Waals surface area contributed by atoms with Crippen molar-refractivity contribution in [3.63, 3.8) is 0 Å². The Morgan fingerprint density at radius 2 is 1.75 bits per heavy atom. The van der Waals surface area contributed by atoms with E-state index in [1.165, 1.54) is 51.0 Å². The van der Waals surface area contributed by atoms with Gasteiger partial charge in [0.25, 0.3) is 5.91 Å². The minimum absolute atomic E-state index is 0.0400. The molecule has 150 valence electrons. The molecule has 2 aliphatic rings. The lowest BCUT2D eigenvalue weighted by Crippen LogP contribution is -2.42. The largest absolute Gasteiger partial charge is 0.337 e. The first-order chi connectivity index (χ1) is 13.7. The highest BCUT2D eigenvalue weighted by Gasteiger charge is 2.26. The van der Waals surface area contributed by atoms with E-state index in [4.69, 9.17) is 0 Å². The van der Waals surface area contributed by atoms with Crippen LogP contribution < -0.4 is 0 Å². The van der Waals surface area contributed by atoms with E-state index in [1.54, 1.807) is 23.0 Å². The molecule has 0 radical (unpaired) electrons. The molecule has 0 bridgehead atoms. The van der Waals surface area contributed by atoms with Crippen LogP contribution >= 0.6 is 0 Å². The summed E-state index contributed by atoms with van der Waals surface area (Å²) in [6.07, 6.45) is 7.82. The molecule has 0 saturated carbocycles. The van der Waals surface area contributed by atoms with Gasteiger partial charge in [-0.05, 0) is 62.4 Å². The number of carbonyl (C=O) groups excluding carboxylic acids is 1. The Kier molecular flexibility index (Phi) is 6.00. The second kappa shape index (κ2) is 8.82. The Hall–Kier alpha value is -2.28. The van der Waals surface area contributed by atoms with Gasteiger partial charge in [-0.15, -0.1) is 5.10 Å². The molecular formula is C21H28FN5O. The van der Waals surface area contributed by atoms with E-state index in [0.717, 1.165) is 31.5 Å². The lowest BCUT2D eigenvalue weighted by Gasteiger charge is -2.35. The Labute approximate surface area is 165 Å². The number of piperidine rings is 2. The zero-order valence-corrected chi connectivity index (χ0v) is 16.3. The van der Waals surface area contributed by atoms with E-state index in [9.17, 15) is 9.18 Å². The zero-order valence-electron chi connectivity index (χ0n) is 16.3. The Bertz CT molecular complexity index is 776. The Morgan fingerprint density at radius 3 is 2.46 bits per heavy atom. The van der Waals surface area contributed by atoms with Crippen molar-refractivity contribution < 1.29 is 9.18 Å². The molecule has 3 heterocycles. The number of hydrogen-bond donors (Lipinski definition) is 0. The Balaban J connectivity index is 1.28. The molecule has 1 aromatic heterocycles. The average Bonchev–Trinajstić information content (AvgIpc) is 3.19. The molecule has 2 fully saturated rings. The van der Waals surface area contributed by atoms with Crippen molar-refractivity contribution in [1.82, 2.24) is 24.8 Å². The fourth-order valence-electron chi connectivity index (χ4n) is 4.24. The molecule has 6 nitrogen and oxygen atoms in total. The van der Waals surface area contributed by atoms with Gasteiger partial charge in [-0.25, -0.2) is 9.07 Å². The van der Waals surface area contributed by atoms with Crippen LogP contribution in [0.2, 0.25) is 0 Å². The third kappa shape index (κ3) is 4.76. The van der Waals surface area contributed by atoms with Crippen LogP contribution in [0.25, 0.3) is 0 Å². The fourth-order valence-corrected chi connectivity index (χ4v) is 4.24. The predicted octanol–water partition coefficient (Wildman–Crippen LogP) is 2.80. The number of rotatable bonds is 5. The fraction of sp³-hybridized carbons (Fsp3) is 0.571. The normalized spacial score (nSPS) is 19.1. The lowest BCUT2D eigenvalue weighted by molar-refractivity contribution is 0.0654.